The summed E-state index contributed by atoms with van der Waals surface area (Å²) in [6, 6.07) is 19.8. The zero-order valence-corrected chi connectivity index (χ0v) is 13.6. The van der Waals surface area contributed by atoms with Gasteiger partial charge in [-0.25, -0.2) is 4.79 Å². The lowest BCUT2D eigenvalue weighted by molar-refractivity contribution is 0.0517. The first-order valence-corrected chi connectivity index (χ1v) is 7.67. The number of hydrogen-bond acceptors (Lipinski definition) is 5. The number of hydrogen-bond donors (Lipinski definition) is 0. The van der Waals surface area contributed by atoms with E-state index in [2.05, 4.69) is 10.1 Å². The second-order valence-electron chi connectivity index (χ2n) is 5.15. The summed E-state index contributed by atoms with van der Waals surface area (Å²) in [6.07, 6.45) is 3.35. The molecule has 5 heteroatoms. The summed E-state index contributed by atoms with van der Waals surface area (Å²) in [7, 11) is 1.57. The number of pyridine rings is 1. The van der Waals surface area contributed by atoms with E-state index in [9.17, 15) is 4.79 Å². The predicted molar refractivity (Wildman–Crippen MR) is 94.7 cm³/mol. The Kier molecular flexibility index (Phi) is 5.16. The van der Waals surface area contributed by atoms with Gasteiger partial charge in [0, 0.05) is 23.5 Å². The van der Waals surface area contributed by atoms with Gasteiger partial charge in [-0.2, -0.15) is 0 Å². The molecule has 0 aliphatic heterocycles. The van der Waals surface area contributed by atoms with Crippen LogP contribution in [0.1, 0.15) is 21.5 Å². The van der Waals surface area contributed by atoms with Crippen molar-refractivity contribution < 1.29 is 14.4 Å². The van der Waals surface area contributed by atoms with E-state index in [0.29, 0.717) is 17.0 Å². The van der Waals surface area contributed by atoms with Crippen molar-refractivity contribution in [2.24, 2.45) is 5.16 Å². The highest BCUT2D eigenvalue weighted by molar-refractivity contribution is 6.12. The molecule has 124 valence electrons. The van der Waals surface area contributed by atoms with Gasteiger partial charge >= 0.3 is 5.97 Å². The van der Waals surface area contributed by atoms with E-state index in [-0.39, 0.29) is 0 Å². The molecule has 0 unspecified atom stereocenters. The van der Waals surface area contributed by atoms with Crippen molar-refractivity contribution in [3.8, 4) is 5.75 Å². The minimum absolute atomic E-state index is 0.392. The third-order valence-corrected chi connectivity index (χ3v) is 3.53. The van der Waals surface area contributed by atoms with Crippen molar-refractivity contribution in [2.75, 3.05) is 7.11 Å². The van der Waals surface area contributed by atoms with Gasteiger partial charge in [-0.1, -0.05) is 35.5 Å². The van der Waals surface area contributed by atoms with Crippen LogP contribution in [0.3, 0.4) is 0 Å². The Morgan fingerprint density at radius 3 is 2.24 bits per heavy atom. The van der Waals surface area contributed by atoms with Gasteiger partial charge < -0.3 is 9.57 Å². The summed E-state index contributed by atoms with van der Waals surface area (Å²) in [6.45, 7) is 0. The van der Waals surface area contributed by atoms with Gasteiger partial charge in [-0.3, -0.25) is 4.98 Å². The van der Waals surface area contributed by atoms with E-state index in [4.69, 9.17) is 9.57 Å². The number of carbonyl (C=O) groups is 1. The summed E-state index contributed by atoms with van der Waals surface area (Å²) < 4.78 is 5.08. The average Bonchev–Trinajstić information content (AvgIpc) is 2.70. The highest BCUT2D eigenvalue weighted by Gasteiger charge is 2.11. The van der Waals surface area contributed by atoms with Crippen LogP contribution >= 0.6 is 0 Å². The molecule has 0 radical (unpaired) electrons. The average molecular weight is 332 g/mol. The van der Waals surface area contributed by atoms with E-state index in [1.54, 1.807) is 49.8 Å². The number of benzene rings is 2. The van der Waals surface area contributed by atoms with Gasteiger partial charge in [0.15, 0.2) is 0 Å². The molecule has 2 aromatic carbocycles. The van der Waals surface area contributed by atoms with Crippen molar-refractivity contribution in [2.45, 2.75) is 0 Å². The first-order chi connectivity index (χ1) is 12.3. The molecule has 0 aliphatic rings. The lowest BCUT2D eigenvalue weighted by atomic mass is 10.0. The Morgan fingerprint density at radius 2 is 1.60 bits per heavy atom. The molecule has 3 rings (SSSR count). The van der Waals surface area contributed by atoms with Gasteiger partial charge in [-0.05, 0) is 36.4 Å². The van der Waals surface area contributed by atoms with Gasteiger partial charge in [-0.15, -0.1) is 0 Å². The number of oxime groups is 1. The first kappa shape index (κ1) is 16.4. The van der Waals surface area contributed by atoms with Crippen LogP contribution in [-0.4, -0.2) is 23.8 Å². The fourth-order valence-corrected chi connectivity index (χ4v) is 2.24. The smallest absolute Gasteiger partial charge is 0.365 e. The molecule has 0 saturated carbocycles. The molecular weight excluding hydrogens is 316 g/mol. The molecule has 5 nitrogen and oxygen atoms in total. The minimum Gasteiger partial charge on any atom is -0.497 e. The monoisotopic (exact) mass is 332 g/mol. The SMILES string of the molecule is COc1ccc(C(=O)O/N=C(\c2ccccc2)c2cccnc2)cc1. The summed E-state index contributed by atoms with van der Waals surface area (Å²) in [4.78, 5) is 21.5. The molecule has 0 bridgehead atoms. The van der Waals surface area contributed by atoms with Crippen molar-refractivity contribution in [3.05, 3.63) is 95.8 Å². The third-order valence-electron chi connectivity index (χ3n) is 3.53. The van der Waals surface area contributed by atoms with E-state index in [1.165, 1.54) is 0 Å². The maximum atomic E-state index is 12.2. The number of nitrogens with zero attached hydrogens (tertiary/aromatic N) is 2. The molecule has 0 saturated heterocycles. The molecule has 1 aromatic heterocycles. The Balaban J connectivity index is 1.87. The van der Waals surface area contributed by atoms with Crippen molar-refractivity contribution >= 4 is 11.7 Å². The number of ether oxygens (including phenoxy) is 1. The van der Waals surface area contributed by atoms with Crippen LogP contribution in [0.25, 0.3) is 0 Å². The van der Waals surface area contributed by atoms with Crippen molar-refractivity contribution in [1.29, 1.82) is 0 Å². The van der Waals surface area contributed by atoms with Crippen LogP contribution < -0.4 is 4.74 Å². The number of methoxy groups -OCH3 is 1. The first-order valence-electron chi connectivity index (χ1n) is 7.67. The van der Waals surface area contributed by atoms with Gasteiger partial charge in [0.05, 0.1) is 12.7 Å². The summed E-state index contributed by atoms with van der Waals surface area (Å²) >= 11 is 0. The Bertz CT molecular complexity index is 819. The molecule has 0 fully saturated rings. The van der Waals surface area contributed by atoms with Gasteiger partial charge in [0.2, 0.25) is 0 Å². The molecule has 0 amide bonds. The Morgan fingerprint density at radius 1 is 0.880 bits per heavy atom. The van der Waals surface area contributed by atoms with Crippen LogP contribution in [0.15, 0.2) is 84.3 Å². The van der Waals surface area contributed by atoms with Crippen LogP contribution in [0.5, 0.6) is 5.75 Å². The molecule has 1 heterocycles. The fourth-order valence-electron chi connectivity index (χ4n) is 2.24. The molecule has 25 heavy (non-hydrogen) atoms. The highest BCUT2D eigenvalue weighted by Crippen LogP contribution is 2.14. The van der Waals surface area contributed by atoms with Crippen molar-refractivity contribution in [1.82, 2.24) is 4.98 Å². The Hall–Kier alpha value is -3.47. The second kappa shape index (κ2) is 7.88. The van der Waals surface area contributed by atoms with Gasteiger partial charge in [0.1, 0.15) is 11.5 Å². The minimum atomic E-state index is -0.542. The standard InChI is InChI=1S/C20H16N2O3/c1-24-18-11-9-16(10-12-18)20(23)25-22-19(15-6-3-2-4-7-15)17-8-5-13-21-14-17/h2-14H,1H3/b22-19+. The normalized spacial score (nSPS) is 11.0. The molecule has 0 aliphatic carbocycles. The lowest BCUT2D eigenvalue weighted by Crippen LogP contribution is -2.08. The lowest BCUT2D eigenvalue weighted by Gasteiger charge is -2.06. The van der Waals surface area contributed by atoms with Gasteiger partial charge in [0.25, 0.3) is 0 Å². The van der Waals surface area contributed by atoms with E-state index in [0.717, 1.165) is 11.1 Å². The fraction of sp³-hybridized carbons (Fsp3) is 0.0500. The summed E-state index contributed by atoms with van der Waals surface area (Å²) in [5.41, 5.74) is 2.52. The molecular formula is C20H16N2O3. The van der Waals surface area contributed by atoms with Crippen LogP contribution in [0.4, 0.5) is 0 Å². The van der Waals surface area contributed by atoms with E-state index < -0.39 is 5.97 Å². The quantitative estimate of drug-likeness (QED) is 0.406. The predicted octanol–water partition coefficient (Wildman–Crippen LogP) is 3.70. The molecule has 3 aromatic rings. The second-order valence-corrected chi connectivity index (χ2v) is 5.15. The summed E-state index contributed by atoms with van der Waals surface area (Å²) in [5.74, 6) is 0.125. The van der Waals surface area contributed by atoms with E-state index in [1.807, 2.05) is 36.4 Å². The number of carbonyl (C=O) groups excluding carboxylic acids is 1. The summed E-state index contributed by atoms with van der Waals surface area (Å²) in [5, 5.41) is 4.08. The van der Waals surface area contributed by atoms with Crippen LogP contribution in [0.2, 0.25) is 0 Å². The van der Waals surface area contributed by atoms with Crippen LogP contribution in [0, 0.1) is 0 Å². The molecule has 0 N–H and O–H groups in total. The number of rotatable bonds is 5. The maximum absolute atomic E-state index is 12.2. The highest BCUT2D eigenvalue weighted by atomic mass is 16.7. The molecule has 0 atom stereocenters. The van der Waals surface area contributed by atoms with Crippen LogP contribution in [-0.2, 0) is 4.84 Å². The maximum Gasteiger partial charge on any atom is 0.365 e. The largest absolute Gasteiger partial charge is 0.497 e. The Labute approximate surface area is 145 Å². The molecule has 0 spiro atoms. The zero-order chi connectivity index (χ0) is 17.5. The third kappa shape index (κ3) is 4.09. The zero-order valence-electron chi connectivity index (χ0n) is 13.6. The van der Waals surface area contributed by atoms with E-state index >= 15 is 0 Å². The number of aromatic nitrogens is 1. The van der Waals surface area contributed by atoms with Crippen molar-refractivity contribution in [3.63, 3.8) is 0 Å². The topological polar surface area (TPSA) is 60.8 Å².